The SMILES string of the molecule is Cc1nn(Cc2cccc3cccnc23)c(C)c1CN. The number of nitrogens with zero attached hydrogens (tertiary/aromatic N) is 3. The summed E-state index contributed by atoms with van der Waals surface area (Å²) in [7, 11) is 0. The van der Waals surface area contributed by atoms with E-state index in [1.807, 2.05) is 23.9 Å². The largest absolute Gasteiger partial charge is 0.326 e. The van der Waals surface area contributed by atoms with E-state index >= 15 is 0 Å². The lowest BCUT2D eigenvalue weighted by molar-refractivity contribution is 0.660. The molecule has 0 bridgehead atoms. The maximum absolute atomic E-state index is 5.78. The van der Waals surface area contributed by atoms with Gasteiger partial charge < -0.3 is 5.73 Å². The summed E-state index contributed by atoms with van der Waals surface area (Å²) in [6.45, 7) is 5.33. The maximum Gasteiger partial charge on any atom is 0.0752 e. The second-order valence-electron chi connectivity index (χ2n) is 5.00. The first kappa shape index (κ1) is 12.8. The molecule has 20 heavy (non-hydrogen) atoms. The Hall–Kier alpha value is -2.20. The lowest BCUT2D eigenvalue weighted by atomic mass is 10.1. The Bertz CT molecular complexity index is 753. The minimum absolute atomic E-state index is 0.533. The second kappa shape index (κ2) is 5.06. The van der Waals surface area contributed by atoms with Gasteiger partial charge in [-0.2, -0.15) is 5.10 Å². The summed E-state index contributed by atoms with van der Waals surface area (Å²) in [4.78, 5) is 4.49. The molecule has 0 spiro atoms. The molecule has 0 aliphatic rings. The zero-order valence-corrected chi connectivity index (χ0v) is 11.8. The van der Waals surface area contributed by atoms with Gasteiger partial charge >= 0.3 is 0 Å². The molecule has 0 radical (unpaired) electrons. The average Bonchev–Trinajstić information content (AvgIpc) is 2.73. The highest BCUT2D eigenvalue weighted by molar-refractivity contribution is 5.81. The van der Waals surface area contributed by atoms with Crippen LogP contribution in [-0.2, 0) is 13.1 Å². The Kier molecular flexibility index (Phi) is 3.24. The van der Waals surface area contributed by atoms with Crippen molar-refractivity contribution in [3.63, 3.8) is 0 Å². The normalized spacial score (nSPS) is 11.2. The first-order valence-electron chi connectivity index (χ1n) is 6.76. The van der Waals surface area contributed by atoms with Gasteiger partial charge in [0.2, 0.25) is 0 Å². The van der Waals surface area contributed by atoms with E-state index in [9.17, 15) is 0 Å². The van der Waals surface area contributed by atoms with Crippen LogP contribution in [0.3, 0.4) is 0 Å². The van der Waals surface area contributed by atoms with Crippen molar-refractivity contribution in [1.82, 2.24) is 14.8 Å². The summed E-state index contributed by atoms with van der Waals surface area (Å²) in [5, 5.41) is 5.75. The van der Waals surface area contributed by atoms with Crippen LogP contribution in [0.5, 0.6) is 0 Å². The highest BCUT2D eigenvalue weighted by Crippen LogP contribution is 2.19. The number of fused-ring (bicyclic) bond motifs is 1. The fourth-order valence-electron chi connectivity index (χ4n) is 2.64. The molecule has 2 heterocycles. The molecule has 0 aliphatic heterocycles. The second-order valence-corrected chi connectivity index (χ2v) is 5.00. The Balaban J connectivity index is 2.06. The van der Waals surface area contributed by atoms with Crippen molar-refractivity contribution in [2.24, 2.45) is 5.73 Å². The standard InChI is InChI=1S/C16H18N4/c1-11-15(9-17)12(2)20(19-11)10-14-6-3-5-13-7-4-8-18-16(13)14/h3-8H,9-10,17H2,1-2H3. The van der Waals surface area contributed by atoms with Gasteiger partial charge in [-0.1, -0.05) is 24.3 Å². The van der Waals surface area contributed by atoms with Crippen molar-refractivity contribution in [2.75, 3.05) is 0 Å². The maximum atomic E-state index is 5.78. The van der Waals surface area contributed by atoms with Crippen LogP contribution in [0, 0.1) is 13.8 Å². The lowest BCUT2D eigenvalue weighted by Gasteiger charge is -2.08. The van der Waals surface area contributed by atoms with Crippen LogP contribution < -0.4 is 5.73 Å². The summed E-state index contributed by atoms with van der Waals surface area (Å²) in [5.41, 5.74) is 11.3. The van der Waals surface area contributed by atoms with Crippen LogP contribution >= 0.6 is 0 Å². The number of hydrogen-bond acceptors (Lipinski definition) is 3. The first-order chi connectivity index (χ1) is 9.70. The Morgan fingerprint density at radius 2 is 1.95 bits per heavy atom. The number of pyridine rings is 1. The number of aromatic nitrogens is 3. The predicted molar refractivity (Wildman–Crippen MR) is 80.4 cm³/mol. The third-order valence-corrected chi connectivity index (χ3v) is 3.77. The monoisotopic (exact) mass is 266 g/mol. The topological polar surface area (TPSA) is 56.7 Å². The fraction of sp³-hybridized carbons (Fsp3) is 0.250. The van der Waals surface area contributed by atoms with E-state index in [1.54, 1.807) is 0 Å². The third-order valence-electron chi connectivity index (χ3n) is 3.77. The summed E-state index contributed by atoms with van der Waals surface area (Å²) in [5.74, 6) is 0. The molecule has 2 N–H and O–H groups in total. The Morgan fingerprint density at radius 3 is 2.70 bits per heavy atom. The fourth-order valence-corrected chi connectivity index (χ4v) is 2.64. The summed E-state index contributed by atoms with van der Waals surface area (Å²) >= 11 is 0. The highest BCUT2D eigenvalue weighted by atomic mass is 15.3. The van der Waals surface area contributed by atoms with E-state index in [-0.39, 0.29) is 0 Å². The molecular formula is C16H18N4. The van der Waals surface area contributed by atoms with Crippen LogP contribution in [0.25, 0.3) is 10.9 Å². The lowest BCUT2D eigenvalue weighted by Crippen LogP contribution is -2.06. The first-order valence-corrected chi connectivity index (χ1v) is 6.76. The van der Waals surface area contributed by atoms with E-state index in [0.29, 0.717) is 6.54 Å². The van der Waals surface area contributed by atoms with Crippen LogP contribution in [0.2, 0.25) is 0 Å². The Labute approximate surface area is 118 Å². The third kappa shape index (κ3) is 2.08. The summed E-state index contributed by atoms with van der Waals surface area (Å²) in [6, 6.07) is 10.3. The van der Waals surface area contributed by atoms with Crippen LogP contribution in [0.1, 0.15) is 22.5 Å². The van der Waals surface area contributed by atoms with E-state index in [0.717, 1.165) is 34.4 Å². The smallest absolute Gasteiger partial charge is 0.0752 e. The molecule has 0 unspecified atom stereocenters. The molecule has 2 aromatic heterocycles. The molecule has 4 nitrogen and oxygen atoms in total. The van der Waals surface area contributed by atoms with Gasteiger partial charge in [0, 0.05) is 29.4 Å². The van der Waals surface area contributed by atoms with Crippen molar-refractivity contribution in [3.8, 4) is 0 Å². The number of aryl methyl sites for hydroxylation is 1. The van der Waals surface area contributed by atoms with Crippen LogP contribution in [0.15, 0.2) is 36.5 Å². The van der Waals surface area contributed by atoms with E-state index in [1.165, 1.54) is 5.56 Å². The zero-order valence-electron chi connectivity index (χ0n) is 11.8. The number of rotatable bonds is 3. The molecule has 0 fully saturated rings. The average molecular weight is 266 g/mol. The van der Waals surface area contributed by atoms with Crippen LogP contribution in [0.4, 0.5) is 0 Å². The van der Waals surface area contributed by atoms with Gasteiger partial charge in [-0.05, 0) is 25.5 Å². The number of hydrogen-bond donors (Lipinski definition) is 1. The quantitative estimate of drug-likeness (QED) is 0.792. The molecule has 1 aromatic carbocycles. The molecule has 3 rings (SSSR count). The number of nitrogens with two attached hydrogens (primary N) is 1. The molecular weight excluding hydrogens is 248 g/mol. The van der Waals surface area contributed by atoms with Gasteiger partial charge in [-0.15, -0.1) is 0 Å². The van der Waals surface area contributed by atoms with Gasteiger partial charge in [0.25, 0.3) is 0 Å². The number of benzene rings is 1. The molecule has 0 aliphatic carbocycles. The summed E-state index contributed by atoms with van der Waals surface area (Å²) < 4.78 is 2.01. The minimum atomic E-state index is 0.533. The van der Waals surface area contributed by atoms with Gasteiger partial charge in [0.05, 0.1) is 17.8 Å². The minimum Gasteiger partial charge on any atom is -0.326 e. The molecule has 3 aromatic rings. The Morgan fingerprint density at radius 1 is 1.15 bits per heavy atom. The van der Waals surface area contributed by atoms with Gasteiger partial charge in [0.15, 0.2) is 0 Å². The van der Waals surface area contributed by atoms with Gasteiger partial charge in [-0.3, -0.25) is 9.67 Å². The van der Waals surface area contributed by atoms with Gasteiger partial charge in [-0.25, -0.2) is 0 Å². The van der Waals surface area contributed by atoms with Crippen molar-refractivity contribution >= 4 is 10.9 Å². The van der Waals surface area contributed by atoms with Gasteiger partial charge in [0.1, 0.15) is 0 Å². The highest BCUT2D eigenvalue weighted by Gasteiger charge is 2.11. The molecule has 4 heteroatoms. The zero-order chi connectivity index (χ0) is 14.1. The van der Waals surface area contributed by atoms with E-state index < -0.39 is 0 Å². The molecule has 0 saturated heterocycles. The number of para-hydroxylation sites is 1. The molecule has 0 amide bonds. The summed E-state index contributed by atoms with van der Waals surface area (Å²) in [6.07, 6.45) is 1.83. The van der Waals surface area contributed by atoms with Crippen molar-refractivity contribution < 1.29 is 0 Å². The van der Waals surface area contributed by atoms with Crippen LogP contribution in [-0.4, -0.2) is 14.8 Å². The predicted octanol–water partition coefficient (Wildman–Crippen LogP) is 2.56. The van der Waals surface area contributed by atoms with Crippen molar-refractivity contribution in [1.29, 1.82) is 0 Å². The molecule has 0 atom stereocenters. The van der Waals surface area contributed by atoms with Crippen molar-refractivity contribution in [3.05, 3.63) is 59.0 Å². The molecule has 102 valence electrons. The molecule has 0 saturated carbocycles. The van der Waals surface area contributed by atoms with E-state index in [4.69, 9.17) is 5.73 Å². The van der Waals surface area contributed by atoms with E-state index in [2.05, 4.69) is 41.3 Å². The van der Waals surface area contributed by atoms with Crippen molar-refractivity contribution in [2.45, 2.75) is 26.9 Å².